The van der Waals surface area contributed by atoms with Crippen LogP contribution in [-0.2, 0) is 14.3 Å². The van der Waals surface area contributed by atoms with E-state index in [-0.39, 0.29) is 43.4 Å². The molecule has 10 heteroatoms. The highest BCUT2D eigenvalue weighted by Gasteiger charge is 2.27. The van der Waals surface area contributed by atoms with Crippen molar-refractivity contribution in [1.82, 2.24) is 9.88 Å². The summed E-state index contributed by atoms with van der Waals surface area (Å²) < 4.78 is 15.9. The molecule has 0 spiro atoms. The van der Waals surface area contributed by atoms with Crippen LogP contribution in [-0.4, -0.2) is 60.7 Å². The molecule has 1 aromatic heterocycles. The summed E-state index contributed by atoms with van der Waals surface area (Å²) in [7, 11) is 0. The lowest BCUT2D eigenvalue weighted by molar-refractivity contribution is -0.123. The number of rotatable bonds is 6. The van der Waals surface area contributed by atoms with Gasteiger partial charge in [-0.05, 0) is 38.9 Å². The number of carbonyl (C=O) groups is 3. The molecule has 1 aromatic carbocycles. The number of nitrogens with two attached hydrogens (primary N) is 1. The quantitative estimate of drug-likeness (QED) is 0.602. The molecule has 30 heavy (non-hydrogen) atoms. The number of hydrogen-bond acceptors (Lipinski definition) is 7. The van der Waals surface area contributed by atoms with Gasteiger partial charge in [-0.15, -0.1) is 0 Å². The summed E-state index contributed by atoms with van der Waals surface area (Å²) in [6.45, 7) is 3.40. The number of anilines is 1. The Kier molecular flexibility index (Phi) is 5.49. The number of primary amides is 1. The van der Waals surface area contributed by atoms with Gasteiger partial charge >= 0.3 is 5.97 Å². The molecule has 10 nitrogen and oxygen atoms in total. The Hall–Kier alpha value is -3.27. The zero-order chi connectivity index (χ0) is 21.3. The minimum Gasteiger partial charge on any atom is -0.461 e. The molecule has 2 aromatic rings. The lowest BCUT2D eigenvalue weighted by Crippen LogP contribution is -2.42. The maximum Gasteiger partial charge on any atom is 0.356 e. The molecule has 2 amide bonds. The average Bonchev–Trinajstić information content (AvgIpc) is 3.31. The van der Waals surface area contributed by atoms with Gasteiger partial charge < -0.3 is 30.2 Å². The van der Waals surface area contributed by atoms with E-state index in [1.165, 1.54) is 0 Å². The first kappa shape index (κ1) is 20.0. The van der Waals surface area contributed by atoms with Crippen molar-refractivity contribution in [2.45, 2.75) is 19.8 Å². The van der Waals surface area contributed by atoms with E-state index in [0.29, 0.717) is 54.0 Å². The van der Waals surface area contributed by atoms with Crippen LogP contribution in [0, 0.1) is 5.92 Å². The Morgan fingerprint density at radius 3 is 2.60 bits per heavy atom. The number of carbonyl (C=O) groups excluding carboxylic acids is 3. The second-order valence-corrected chi connectivity index (χ2v) is 7.35. The summed E-state index contributed by atoms with van der Waals surface area (Å²) in [5.74, 6) is -0.159. The zero-order valence-corrected chi connectivity index (χ0v) is 16.7. The normalized spacial score (nSPS) is 16.6. The minimum absolute atomic E-state index is 0.121. The number of amides is 2. The number of ether oxygens (including phenoxy) is 3. The molecular weight excluding hydrogens is 392 g/mol. The van der Waals surface area contributed by atoms with E-state index in [4.69, 9.17) is 19.9 Å². The molecule has 160 valence electrons. The fraction of sp³-hybridized carbons (Fsp3) is 0.450. The fourth-order valence-electron chi connectivity index (χ4n) is 3.83. The zero-order valence-electron chi connectivity index (χ0n) is 16.7. The molecule has 4 rings (SSSR count). The predicted molar refractivity (Wildman–Crippen MR) is 107 cm³/mol. The molecule has 0 unspecified atom stereocenters. The summed E-state index contributed by atoms with van der Waals surface area (Å²) in [6.07, 6.45) is 1.26. The highest BCUT2D eigenvalue weighted by atomic mass is 16.7. The number of benzene rings is 1. The second-order valence-electron chi connectivity index (χ2n) is 7.35. The number of aromatic nitrogens is 1. The van der Waals surface area contributed by atoms with Gasteiger partial charge in [0.15, 0.2) is 11.5 Å². The van der Waals surface area contributed by atoms with Crippen molar-refractivity contribution in [3.05, 3.63) is 17.8 Å². The largest absolute Gasteiger partial charge is 0.461 e. The molecule has 1 saturated heterocycles. The average molecular weight is 416 g/mol. The number of H-pyrrole nitrogens is 1. The van der Waals surface area contributed by atoms with Crippen molar-refractivity contribution in [3.63, 3.8) is 0 Å². The van der Waals surface area contributed by atoms with E-state index in [1.54, 1.807) is 19.1 Å². The SMILES string of the molecule is CCOC(=O)c1[nH]c2cc3c(cc2c1NC(=O)CN1CCC(C(N)=O)CC1)OCO3. The first-order valence-electron chi connectivity index (χ1n) is 9.90. The number of nitrogens with zero attached hydrogens (tertiary/aromatic N) is 1. The Bertz CT molecular complexity index is 993. The highest BCUT2D eigenvalue weighted by molar-refractivity contribution is 6.11. The maximum atomic E-state index is 12.7. The van der Waals surface area contributed by atoms with Crippen molar-refractivity contribution in [1.29, 1.82) is 0 Å². The lowest BCUT2D eigenvalue weighted by atomic mass is 9.96. The number of aromatic amines is 1. The Morgan fingerprint density at radius 2 is 1.93 bits per heavy atom. The number of fused-ring (bicyclic) bond motifs is 2. The van der Waals surface area contributed by atoms with E-state index in [0.717, 1.165) is 0 Å². The third-order valence-corrected chi connectivity index (χ3v) is 5.39. The summed E-state index contributed by atoms with van der Waals surface area (Å²) in [5.41, 5.74) is 6.50. The van der Waals surface area contributed by atoms with Crippen molar-refractivity contribution >= 4 is 34.4 Å². The van der Waals surface area contributed by atoms with Crippen molar-refractivity contribution < 1.29 is 28.6 Å². The van der Waals surface area contributed by atoms with Gasteiger partial charge in [0.1, 0.15) is 5.69 Å². The lowest BCUT2D eigenvalue weighted by Gasteiger charge is -2.29. The van der Waals surface area contributed by atoms with Crippen LogP contribution in [0.4, 0.5) is 5.69 Å². The standard InChI is InChI=1S/C20H24N4O6/c1-2-28-20(27)18-17(12-7-14-15(30-10-29-14)8-13(12)22-18)23-16(25)9-24-5-3-11(4-6-24)19(21)26/h7-8,11,22H,2-6,9-10H2,1H3,(H2,21,26)(H,23,25). The molecular formula is C20H24N4O6. The van der Waals surface area contributed by atoms with Gasteiger partial charge in [-0.25, -0.2) is 4.79 Å². The number of likely N-dealkylation sites (tertiary alicyclic amines) is 1. The number of nitrogens with one attached hydrogen (secondary N) is 2. The van der Waals surface area contributed by atoms with E-state index < -0.39 is 5.97 Å². The van der Waals surface area contributed by atoms with Crippen molar-refractivity contribution in [2.24, 2.45) is 11.7 Å². The predicted octanol–water partition coefficient (Wildman–Crippen LogP) is 1.21. The van der Waals surface area contributed by atoms with Gasteiger partial charge in [-0.2, -0.15) is 0 Å². The first-order valence-corrected chi connectivity index (χ1v) is 9.90. The first-order chi connectivity index (χ1) is 14.5. The van der Waals surface area contributed by atoms with Crippen LogP contribution in [0.2, 0.25) is 0 Å². The Balaban J connectivity index is 1.54. The summed E-state index contributed by atoms with van der Waals surface area (Å²) >= 11 is 0. The molecule has 2 aliphatic rings. The van der Waals surface area contributed by atoms with Gasteiger partial charge in [0.05, 0.1) is 24.4 Å². The Labute approximate surface area is 172 Å². The maximum absolute atomic E-state index is 12.7. The van der Waals surface area contributed by atoms with Gasteiger partial charge in [0, 0.05) is 17.4 Å². The van der Waals surface area contributed by atoms with Crippen LogP contribution in [0.5, 0.6) is 11.5 Å². The highest BCUT2D eigenvalue weighted by Crippen LogP contribution is 2.40. The van der Waals surface area contributed by atoms with Crippen molar-refractivity contribution in [2.75, 3.05) is 38.4 Å². The molecule has 3 heterocycles. The van der Waals surface area contributed by atoms with Crippen LogP contribution < -0.4 is 20.5 Å². The molecule has 2 aliphatic heterocycles. The van der Waals surface area contributed by atoms with E-state index in [2.05, 4.69) is 10.3 Å². The summed E-state index contributed by atoms with van der Waals surface area (Å²) in [5, 5.41) is 3.47. The van der Waals surface area contributed by atoms with Crippen molar-refractivity contribution in [3.8, 4) is 11.5 Å². The van der Waals surface area contributed by atoms with Gasteiger partial charge in [-0.1, -0.05) is 0 Å². The topological polar surface area (TPSA) is 136 Å². The van der Waals surface area contributed by atoms with Gasteiger partial charge in [0.2, 0.25) is 18.6 Å². The van der Waals surface area contributed by atoms with Gasteiger partial charge in [-0.3, -0.25) is 14.5 Å². The molecule has 0 radical (unpaired) electrons. The molecule has 0 aliphatic carbocycles. The molecule has 0 atom stereocenters. The van der Waals surface area contributed by atoms with E-state index in [9.17, 15) is 14.4 Å². The third-order valence-electron chi connectivity index (χ3n) is 5.39. The molecule has 1 fully saturated rings. The molecule has 4 N–H and O–H groups in total. The Morgan fingerprint density at radius 1 is 1.23 bits per heavy atom. The van der Waals surface area contributed by atoms with Gasteiger partial charge in [0.25, 0.3) is 0 Å². The number of hydrogen-bond donors (Lipinski definition) is 3. The minimum atomic E-state index is -0.562. The van der Waals surface area contributed by atoms with E-state index in [1.807, 2.05) is 4.90 Å². The summed E-state index contributed by atoms with van der Waals surface area (Å²) in [6, 6.07) is 3.45. The number of piperidine rings is 1. The van der Waals surface area contributed by atoms with E-state index >= 15 is 0 Å². The smallest absolute Gasteiger partial charge is 0.356 e. The fourth-order valence-corrected chi connectivity index (χ4v) is 3.83. The monoisotopic (exact) mass is 416 g/mol. The molecule has 0 bridgehead atoms. The summed E-state index contributed by atoms with van der Waals surface area (Å²) in [4.78, 5) is 41.5. The van der Waals surface area contributed by atoms with Crippen LogP contribution in [0.3, 0.4) is 0 Å². The van der Waals surface area contributed by atoms with Crippen LogP contribution in [0.15, 0.2) is 12.1 Å². The number of esters is 1. The molecule has 0 saturated carbocycles. The third kappa shape index (κ3) is 3.90. The second kappa shape index (κ2) is 8.23. The van der Waals surface area contributed by atoms with Crippen LogP contribution in [0.1, 0.15) is 30.3 Å². The van der Waals surface area contributed by atoms with Crippen LogP contribution in [0.25, 0.3) is 10.9 Å². The van der Waals surface area contributed by atoms with Crippen LogP contribution >= 0.6 is 0 Å².